The molecule has 26 heavy (non-hydrogen) atoms. The highest BCUT2D eigenvalue weighted by Gasteiger charge is 2.39. The summed E-state index contributed by atoms with van der Waals surface area (Å²) < 4.78 is 33.2. The molecular formula is C18H29NO6Si. The van der Waals surface area contributed by atoms with Crippen LogP contribution in [-0.4, -0.2) is 42.8 Å². The molecule has 146 valence electrons. The van der Waals surface area contributed by atoms with Gasteiger partial charge in [0.1, 0.15) is 0 Å². The fraction of sp³-hybridized carbons (Fsp3) is 0.611. The Morgan fingerprint density at radius 2 is 1.42 bits per heavy atom. The van der Waals surface area contributed by atoms with Crippen molar-refractivity contribution >= 4 is 8.80 Å². The topological polar surface area (TPSA) is 79.2 Å². The summed E-state index contributed by atoms with van der Waals surface area (Å²) >= 11 is 0. The Labute approximate surface area is 157 Å². The van der Waals surface area contributed by atoms with Gasteiger partial charge in [-0.25, -0.2) is 0 Å². The van der Waals surface area contributed by atoms with Gasteiger partial charge in [0, 0.05) is 25.9 Å². The Bertz CT molecular complexity index is 548. The average molecular weight is 384 g/mol. The first-order chi connectivity index (χ1) is 12.6. The van der Waals surface area contributed by atoms with Gasteiger partial charge in [0.2, 0.25) is 5.75 Å². The van der Waals surface area contributed by atoms with Crippen LogP contribution in [0.2, 0.25) is 6.04 Å². The number of benzene rings is 1. The number of nitriles is 1. The minimum absolute atomic E-state index is 0.280. The molecule has 1 aromatic rings. The van der Waals surface area contributed by atoms with E-state index in [1.807, 2.05) is 32.9 Å². The molecule has 1 rings (SSSR count). The van der Waals surface area contributed by atoms with Gasteiger partial charge in [-0.1, -0.05) is 0 Å². The van der Waals surface area contributed by atoms with Crippen LogP contribution in [0.5, 0.6) is 17.2 Å². The molecule has 0 saturated carbocycles. The van der Waals surface area contributed by atoms with E-state index in [0.717, 1.165) is 24.4 Å². The van der Waals surface area contributed by atoms with E-state index >= 15 is 0 Å². The van der Waals surface area contributed by atoms with E-state index < -0.39 is 8.80 Å². The molecule has 0 unspecified atom stereocenters. The second-order valence-electron chi connectivity index (χ2n) is 5.36. The molecule has 0 saturated heterocycles. The minimum atomic E-state index is -2.65. The molecule has 0 aliphatic carbocycles. The van der Waals surface area contributed by atoms with Crippen LogP contribution in [0.1, 0.15) is 32.8 Å². The normalized spacial score (nSPS) is 11.1. The van der Waals surface area contributed by atoms with Gasteiger partial charge in [-0.15, -0.1) is 5.26 Å². The fourth-order valence-corrected chi connectivity index (χ4v) is 5.35. The Morgan fingerprint density at radius 1 is 0.923 bits per heavy atom. The van der Waals surface area contributed by atoms with E-state index in [4.69, 9.17) is 32.8 Å². The predicted octanol–water partition coefficient (Wildman–Crippen LogP) is 3.54. The van der Waals surface area contributed by atoms with Gasteiger partial charge in [0.25, 0.3) is 6.26 Å². The van der Waals surface area contributed by atoms with Crippen molar-refractivity contribution in [3.63, 3.8) is 0 Å². The van der Waals surface area contributed by atoms with E-state index in [0.29, 0.717) is 31.3 Å². The number of hydrogen-bond acceptors (Lipinski definition) is 7. The lowest BCUT2D eigenvalue weighted by Crippen LogP contribution is -2.46. The van der Waals surface area contributed by atoms with Crippen LogP contribution in [-0.2, 0) is 19.7 Å². The maximum absolute atomic E-state index is 8.79. The summed E-state index contributed by atoms with van der Waals surface area (Å²) in [7, 11) is 0.409. The summed E-state index contributed by atoms with van der Waals surface area (Å²) in [5.74, 6) is 1.20. The predicted molar refractivity (Wildman–Crippen MR) is 99.5 cm³/mol. The van der Waals surface area contributed by atoms with Crippen LogP contribution in [0, 0.1) is 11.5 Å². The van der Waals surface area contributed by atoms with Gasteiger partial charge in [-0.3, -0.25) is 0 Å². The van der Waals surface area contributed by atoms with E-state index in [1.165, 1.54) is 14.2 Å². The lowest BCUT2D eigenvalue weighted by molar-refractivity contribution is 0.0708. The molecule has 0 heterocycles. The SMILES string of the molecule is CCO[Si](CCCc1cc(OC)c(OC#N)c(OC)c1)(OCC)OCC. The molecular weight excluding hydrogens is 354 g/mol. The van der Waals surface area contributed by atoms with Crippen molar-refractivity contribution in [2.45, 2.75) is 39.7 Å². The van der Waals surface area contributed by atoms with Crippen LogP contribution in [0.25, 0.3) is 0 Å². The highest BCUT2D eigenvalue weighted by atomic mass is 28.4. The molecule has 0 atom stereocenters. The van der Waals surface area contributed by atoms with Crippen molar-refractivity contribution in [3.8, 4) is 23.5 Å². The number of nitrogens with zero attached hydrogens (tertiary/aromatic N) is 1. The highest BCUT2D eigenvalue weighted by molar-refractivity contribution is 6.60. The molecule has 0 fully saturated rings. The molecule has 8 heteroatoms. The van der Waals surface area contributed by atoms with Crippen molar-refractivity contribution in [2.24, 2.45) is 0 Å². The van der Waals surface area contributed by atoms with E-state index in [1.54, 1.807) is 6.26 Å². The van der Waals surface area contributed by atoms with E-state index in [9.17, 15) is 0 Å². The number of aryl methyl sites for hydroxylation is 1. The van der Waals surface area contributed by atoms with Crippen LogP contribution >= 0.6 is 0 Å². The maximum atomic E-state index is 8.79. The van der Waals surface area contributed by atoms with Gasteiger partial charge >= 0.3 is 8.80 Å². The number of ether oxygens (including phenoxy) is 3. The van der Waals surface area contributed by atoms with Gasteiger partial charge in [0.15, 0.2) is 11.5 Å². The third-order valence-corrected chi connectivity index (χ3v) is 6.86. The van der Waals surface area contributed by atoms with Gasteiger partial charge in [0.05, 0.1) is 14.2 Å². The second-order valence-corrected chi connectivity index (χ2v) is 8.09. The molecule has 0 N–H and O–H groups in total. The van der Waals surface area contributed by atoms with Gasteiger partial charge in [-0.05, 0) is 51.3 Å². The van der Waals surface area contributed by atoms with Gasteiger partial charge in [-0.2, -0.15) is 0 Å². The number of hydrogen-bond donors (Lipinski definition) is 0. The summed E-state index contributed by atoms with van der Waals surface area (Å²) in [5, 5.41) is 8.79. The minimum Gasteiger partial charge on any atom is -0.493 e. The molecule has 0 bridgehead atoms. The Balaban J connectivity index is 2.89. The summed E-state index contributed by atoms with van der Waals surface area (Å²) in [6.45, 7) is 7.53. The van der Waals surface area contributed by atoms with Crippen molar-refractivity contribution in [1.82, 2.24) is 0 Å². The molecule has 1 aromatic carbocycles. The zero-order valence-corrected chi connectivity index (χ0v) is 17.3. The van der Waals surface area contributed by atoms with E-state index in [-0.39, 0.29) is 5.75 Å². The van der Waals surface area contributed by atoms with Crippen LogP contribution in [0.3, 0.4) is 0 Å². The zero-order chi connectivity index (χ0) is 19.4. The Kier molecular flexibility index (Phi) is 10.1. The highest BCUT2D eigenvalue weighted by Crippen LogP contribution is 2.39. The van der Waals surface area contributed by atoms with Crippen molar-refractivity contribution in [3.05, 3.63) is 17.7 Å². The summed E-state index contributed by atoms with van der Waals surface area (Å²) in [6, 6.07) is 4.42. The van der Waals surface area contributed by atoms with Crippen LogP contribution in [0.4, 0.5) is 0 Å². The summed E-state index contributed by atoms with van der Waals surface area (Å²) in [5.41, 5.74) is 1.01. The first kappa shape index (κ1) is 22.2. The summed E-state index contributed by atoms with van der Waals surface area (Å²) in [6.07, 6.45) is 3.25. The van der Waals surface area contributed by atoms with Gasteiger partial charge < -0.3 is 27.5 Å². The quantitative estimate of drug-likeness (QED) is 0.381. The first-order valence-corrected chi connectivity index (χ1v) is 10.7. The summed E-state index contributed by atoms with van der Waals surface area (Å²) in [4.78, 5) is 0. The molecule has 0 radical (unpaired) electrons. The molecule has 0 aliphatic rings. The smallest absolute Gasteiger partial charge is 0.493 e. The molecule has 0 amide bonds. The van der Waals surface area contributed by atoms with Crippen LogP contribution < -0.4 is 14.2 Å². The third-order valence-electron chi connectivity index (χ3n) is 3.71. The number of rotatable bonds is 13. The zero-order valence-electron chi connectivity index (χ0n) is 16.3. The van der Waals surface area contributed by atoms with Crippen molar-refractivity contribution in [1.29, 1.82) is 5.26 Å². The van der Waals surface area contributed by atoms with Crippen molar-refractivity contribution in [2.75, 3.05) is 34.0 Å². The second kappa shape index (κ2) is 11.8. The largest absolute Gasteiger partial charge is 0.500 e. The lowest BCUT2D eigenvalue weighted by Gasteiger charge is -2.28. The molecule has 0 aromatic heterocycles. The van der Waals surface area contributed by atoms with Crippen LogP contribution in [0.15, 0.2) is 12.1 Å². The standard InChI is InChI=1S/C18H29NO6Si/c1-6-23-26(24-7-2,25-8-3)11-9-10-15-12-16(20-4)18(22-14-19)17(13-15)21-5/h12-13H,6-11H2,1-5H3. The molecule has 7 nitrogen and oxygen atoms in total. The van der Waals surface area contributed by atoms with Crippen molar-refractivity contribution < 1.29 is 27.5 Å². The Morgan fingerprint density at radius 3 is 1.81 bits per heavy atom. The number of methoxy groups -OCH3 is 2. The average Bonchev–Trinajstić information content (AvgIpc) is 2.63. The lowest BCUT2D eigenvalue weighted by atomic mass is 10.1. The molecule has 0 aliphatic heterocycles. The molecule has 0 spiro atoms. The maximum Gasteiger partial charge on any atom is 0.500 e. The Hall–Kier alpha value is -1.79. The monoisotopic (exact) mass is 383 g/mol. The first-order valence-electron chi connectivity index (χ1n) is 8.82. The van der Waals surface area contributed by atoms with E-state index in [2.05, 4.69) is 0 Å². The third kappa shape index (κ3) is 6.18. The fourth-order valence-electron chi connectivity index (χ4n) is 2.74.